The Morgan fingerprint density at radius 2 is 1.35 bits per heavy atom. The van der Waals surface area contributed by atoms with E-state index >= 15 is 0 Å². The summed E-state index contributed by atoms with van der Waals surface area (Å²) in [6.45, 7) is 14.7. The van der Waals surface area contributed by atoms with Crippen molar-refractivity contribution in [1.82, 2.24) is 0 Å². The van der Waals surface area contributed by atoms with Gasteiger partial charge in [0.2, 0.25) is 0 Å². The molecule has 0 aromatic rings. The van der Waals surface area contributed by atoms with E-state index in [9.17, 15) is 0 Å². The molecule has 4 atom stereocenters. The van der Waals surface area contributed by atoms with Crippen LogP contribution in [0, 0.1) is 11.8 Å². The molecule has 0 amide bonds. The van der Waals surface area contributed by atoms with Gasteiger partial charge in [0.25, 0.3) is 0 Å². The number of ether oxygens (including phenoxy) is 5. The molecule has 0 aromatic heterocycles. The van der Waals surface area contributed by atoms with Crippen LogP contribution in [0.25, 0.3) is 0 Å². The predicted octanol–water partition coefficient (Wildman–Crippen LogP) is 2.91. The second-order valence-electron chi connectivity index (χ2n) is 6.17. The van der Waals surface area contributed by atoms with Gasteiger partial charge in [-0.25, -0.2) is 0 Å². The van der Waals surface area contributed by atoms with Crippen molar-refractivity contribution in [3.05, 3.63) is 25.3 Å². The Balaban J connectivity index is 2.07. The molecule has 2 heterocycles. The third kappa shape index (κ3) is 3.86. The maximum atomic E-state index is 6.43. The molecule has 2 fully saturated rings. The van der Waals surface area contributed by atoms with E-state index in [0.717, 1.165) is 12.8 Å². The van der Waals surface area contributed by atoms with Crippen LogP contribution in [-0.2, 0) is 23.7 Å². The van der Waals surface area contributed by atoms with Gasteiger partial charge in [-0.2, -0.15) is 0 Å². The maximum Gasteiger partial charge on any atom is 0.200 e. The highest BCUT2D eigenvalue weighted by molar-refractivity contribution is 4.95. The Hall–Kier alpha value is -0.720. The lowest BCUT2D eigenvalue weighted by molar-refractivity contribution is -0.478. The van der Waals surface area contributed by atoms with Crippen molar-refractivity contribution in [2.24, 2.45) is 11.8 Å². The average molecular weight is 326 g/mol. The van der Waals surface area contributed by atoms with E-state index in [1.807, 2.05) is 0 Å². The molecule has 0 aromatic carbocycles. The minimum atomic E-state index is -0.747. The summed E-state index contributed by atoms with van der Waals surface area (Å²) < 4.78 is 29.5. The van der Waals surface area contributed by atoms with Crippen LogP contribution < -0.4 is 0 Å². The van der Waals surface area contributed by atoms with Gasteiger partial charge in [-0.3, -0.25) is 0 Å². The first kappa shape index (κ1) is 18.6. The van der Waals surface area contributed by atoms with Crippen molar-refractivity contribution < 1.29 is 23.7 Å². The number of hydrogen-bond donors (Lipinski definition) is 0. The van der Waals surface area contributed by atoms with Gasteiger partial charge in [-0.15, -0.1) is 13.2 Å². The van der Waals surface area contributed by atoms with Crippen molar-refractivity contribution >= 4 is 0 Å². The average Bonchev–Trinajstić information content (AvgIpc) is 2.51. The van der Waals surface area contributed by atoms with Gasteiger partial charge in [-0.05, 0) is 12.8 Å². The summed E-state index contributed by atoms with van der Waals surface area (Å²) in [6, 6.07) is 0. The standard InChI is InChI=1S/C18H30O5/c1-5-9-19-13-17(15(7-3)11-21-17)23-18(14-20-10-6-2)16(8-4)12-22-18/h5-6,15-16H,1-2,7-14H2,3-4H3. The molecule has 0 bridgehead atoms. The second-order valence-corrected chi connectivity index (χ2v) is 6.17. The number of hydrogen-bond acceptors (Lipinski definition) is 5. The Bertz CT molecular complexity index is 359. The monoisotopic (exact) mass is 326 g/mol. The summed E-state index contributed by atoms with van der Waals surface area (Å²) in [5.41, 5.74) is 0. The Morgan fingerprint density at radius 1 is 0.913 bits per heavy atom. The van der Waals surface area contributed by atoms with Crippen molar-refractivity contribution in [3.63, 3.8) is 0 Å². The van der Waals surface area contributed by atoms with Crippen molar-refractivity contribution in [2.45, 2.75) is 38.3 Å². The van der Waals surface area contributed by atoms with Gasteiger partial charge in [0.1, 0.15) is 13.2 Å². The summed E-state index contributed by atoms with van der Waals surface area (Å²) in [5.74, 6) is -0.901. The van der Waals surface area contributed by atoms with Crippen LogP contribution >= 0.6 is 0 Å². The van der Waals surface area contributed by atoms with Crippen LogP contribution in [0.4, 0.5) is 0 Å². The summed E-state index contributed by atoms with van der Waals surface area (Å²) in [4.78, 5) is 0. The Morgan fingerprint density at radius 3 is 1.61 bits per heavy atom. The first-order valence-corrected chi connectivity index (χ1v) is 8.51. The molecule has 0 aliphatic carbocycles. The molecule has 0 radical (unpaired) electrons. The van der Waals surface area contributed by atoms with E-state index in [-0.39, 0.29) is 0 Å². The highest BCUT2D eigenvalue weighted by Gasteiger charge is 2.59. The maximum absolute atomic E-state index is 6.43. The SMILES string of the molecule is C=CCOCC1(OC2(COCC=C)OCC2CC)OCC1CC. The molecule has 2 rings (SSSR count). The topological polar surface area (TPSA) is 46.2 Å². The Kier molecular flexibility index (Phi) is 6.80. The van der Waals surface area contributed by atoms with Crippen LogP contribution in [0.2, 0.25) is 0 Å². The van der Waals surface area contributed by atoms with Gasteiger partial charge in [0.05, 0.1) is 26.4 Å². The molecule has 2 aliphatic rings. The lowest BCUT2D eigenvalue weighted by Crippen LogP contribution is -2.69. The van der Waals surface area contributed by atoms with E-state index in [1.54, 1.807) is 12.2 Å². The summed E-state index contributed by atoms with van der Waals surface area (Å²) in [6.07, 6.45) is 5.39. The van der Waals surface area contributed by atoms with Crippen LogP contribution in [-0.4, -0.2) is 51.2 Å². The van der Waals surface area contributed by atoms with Crippen LogP contribution in [0.5, 0.6) is 0 Å². The van der Waals surface area contributed by atoms with E-state index in [2.05, 4.69) is 27.0 Å². The fourth-order valence-corrected chi connectivity index (χ4v) is 3.10. The zero-order valence-electron chi connectivity index (χ0n) is 14.4. The third-order valence-corrected chi connectivity index (χ3v) is 4.71. The molecule has 0 saturated carbocycles. The van der Waals surface area contributed by atoms with Gasteiger partial charge < -0.3 is 23.7 Å². The molecule has 0 spiro atoms. The van der Waals surface area contributed by atoms with Crippen LogP contribution in [0.1, 0.15) is 26.7 Å². The fourth-order valence-electron chi connectivity index (χ4n) is 3.10. The minimum absolute atomic E-state index is 0.297. The zero-order valence-corrected chi connectivity index (χ0v) is 14.4. The summed E-state index contributed by atoms with van der Waals surface area (Å²) in [7, 11) is 0. The largest absolute Gasteiger partial charge is 0.372 e. The third-order valence-electron chi connectivity index (χ3n) is 4.71. The molecular weight excluding hydrogens is 296 g/mol. The first-order valence-electron chi connectivity index (χ1n) is 8.51. The van der Waals surface area contributed by atoms with Crippen molar-refractivity contribution in [1.29, 1.82) is 0 Å². The fraction of sp³-hybridized carbons (Fsp3) is 0.778. The van der Waals surface area contributed by atoms with E-state index in [0.29, 0.717) is 51.5 Å². The predicted molar refractivity (Wildman–Crippen MR) is 88.0 cm³/mol. The molecular formula is C18H30O5. The molecule has 0 N–H and O–H groups in total. The summed E-state index contributed by atoms with van der Waals surface area (Å²) >= 11 is 0. The molecule has 2 aliphatic heterocycles. The number of rotatable bonds is 12. The molecule has 4 unspecified atom stereocenters. The zero-order chi connectivity index (χ0) is 16.8. The molecule has 132 valence electrons. The van der Waals surface area contributed by atoms with Gasteiger partial charge in [0, 0.05) is 11.8 Å². The van der Waals surface area contributed by atoms with Crippen molar-refractivity contribution in [2.75, 3.05) is 39.6 Å². The van der Waals surface area contributed by atoms with Crippen LogP contribution in [0.3, 0.4) is 0 Å². The highest BCUT2D eigenvalue weighted by Crippen LogP contribution is 2.46. The minimum Gasteiger partial charge on any atom is -0.372 e. The molecule has 5 nitrogen and oxygen atoms in total. The van der Waals surface area contributed by atoms with Gasteiger partial charge in [-0.1, -0.05) is 26.0 Å². The lowest BCUT2D eigenvalue weighted by atomic mass is 9.87. The molecule has 5 heteroatoms. The summed E-state index contributed by atoms with van der Waals surface area (Å²) in [5, 5.41) is 0. The van der Waals surface area contributed by atoms with Gasteiger partial charge in [0.15, 0.2) is 11.6 Å². The highest BCUT2D eigenvalue weighted by atomic mass is 16.8. The van der Waals surface area contributed by atoms with Gasteiger partial charge >= 0.3 is 0 Å². The van der Waals surface area contributed by atoms with E-state index < -0.39 is 11.6 Å². The molecule has 23 heavy (non-hydrogen) atoms. The first-order chi connectivity index (χ1) is 11.2. The normalized spacial score (nSPS) is 36.1. The van der Waals surface area contributed by atoms with E-state index in [1.165, 1.54) is 0 Å². The van der Waals surface area contributed by atoms with E-state index in [4.69, 9.17) is 23.7 Å². The lowest BCUT2D eigenvalue weighted by Gasteiger charge is -2.57. The Labute approximate surface area is 139 Å². The second kappa shape index (κ2) is 8.40. The van der Waals surface area contributed by atoms with Crippen LogP contribution in [0.15, 0.2) is 25.3 Å². The molecule has 2 saturated heterocycles. The quantitative estimate of drug-likeness (QED) is 0.408. The van der Waals surface area contributed by atoms with Crippen molar-refractivity contribution in [3.8, 4) is 0 Å². The smallest absolute Gasteiger partial charge is 0.200 e.